The molecule has 0 saturated carbocycles. The first-order chi connectivity index (χ1) is 18.1. The number of aliphatic hydroxyl groups is 1. The monoisotopic (exact) mass is 492 g/mol. The van der Waals surface area contributed by atoms with Crippen molar-refractivity contribution >= 4 is 32.4 Å². The van der Waals surface area contributed by atoms with Gasteiger partial charge in [-0.1, -0.05) is 93.4 Å². The summed E-state index contributed by atoms with van der Waals surface area (Å²) in [5.41, 5.74) is 3.13. The zero-order valence-electron chi connectivity index (χ0n) is 22.5. The third-order valence-corrected chi connectivity index (χ3v) is 8.06. The highest BCUT2D eigenvalue weighted by molar-refractivity contribution is 6.02. The Bertz CT molecular complexity index is 1440. The topological polar surface area (TPSA) is 37.2 Å². The van der Waals surface area contributed by atoms with E-state index in [0.29, 0.717) is 6.54 Å². The Balaban J connectivity index is 1.56. The number of nitrogens with one attached hydrogen (secondary N) is 1. The van der Waals surface area contributed by atoms with Gasteiger partial charge >= 0.3 is 0 Å². The van der Waals surface area contributed by atoms with Crippen molar-refractivity contribution in [3.63, 3.8) is 0 Å². The number of benzene rings is 4. The maximum atomic E-state index is 12.1. The molecule has 4 aromatic carbocycles. The molecule has 0 aliphatic carbocycles. The van der Waals surface area contributed by atoms with E-state index in [9.17, 15) is 5.11 Å². The van der Waals surface area contributed by atoms with Crippen LogP contribution in [0.15, 0.2) is 85.1 Å². The summed E-state index contributed by atoms with van der Waals surface area (Å²) in [5.74, 6) is 0. The molecule has 0 aliphatic heterocycles. The van der Waals surface area contributed by atoms with Crippen LogP contribution >= 0.6 is 0 Å². The molecule has 2 N–H and O–H groups in total. The summed E-state index contributed by atoms with van der Waals surface area (Å²) in [5, 5.41) is 22.4. The highest BCUT2D eigenvalue weighted by atomic mass is 16.3. The zero-order chi connectivity index (χ0) is 25.8. The number of hydrogen-bond acceptors (Lipinski definition) is 2. The van der Waals surface area contributed by atoms with Gasteiger partial charge in [0.15, 0.2) is 0 Å². The molecule has 1 atom stereocenters. The Morgan fingerprint density at radius 1 is 0.784 bits per heavy atom. The summed E-state index contributed by atoms with van der Waals surface area (Å²) in [6.45, 7) is 8.21. The molecule has 5 rings (SSSR count). The lowest BCUT2D eigenvalue weighted by molar-refractivity contribution is -0.0160. The molecule has 0 spiro atoms. The maximum absolute atomic E-state index is 12.1. The van der Waals surface area contributed by atoms with Gasteiger partial charge in [-0.3, -0.25) is 0 Å². The van der Waals surface area contributed by atoms with E-state index in [1.54, 1.807) is 0 Å². The van der Waals surface area contributed by atoms with E-state index in [-0.39, 0.29) is 6.04 Å². The van der Waals surface area contributed by atoms with E-state index in [4.69, 9.17) is 0 Å². The number of rotatable bonds is 11. The number of aryl methyl sites for hydroxylation is 1. The van der Waals surface area contributed by atoms with Gasteiger partial charge in [-0.15, -0.1) is 0 Å². The van der Waals surface area contributed by atoms with Gasteiger partial charge in [-0.05, 0) is 71.0 Å². The second kappa shape index (κ2) is 11.1. The zero-order valence-corrected chi connectivity index (χ0v) is 22.5. The molecule has 0 fully saturated rings. The van der Waals surface area contributed by atoms with Crippen LogP contribution in [0, 0.1) is 0 Å². The Morgan fingerprint density at radius 2 is 1.35 bits per heavy atom. The van der Waals surface area contributed by atoms with Crippen molar-refractivity contribution in [1.82, 2.24) is 9.88 Å². The van der Waals surface area contributed by atoms with Gasteiger partial charge in [0, 0.05) is 36.2 Å². The molecule has 0 unspecified atom stereocenters. The van der Waals surface area contributed by atoms with Crippen LogP contribution in [0.25, 0.3) is 32.4 Å². The minimum Gasteiger partial charge on any atom is -0.388 e. The largest absolute Gasteiger partial charge is 0.388 e. The van der Waals surface area contributed by atoms with Gasteiger partial charge in [0.05, 0.1) is 5.60 Å². The molecule has 1 aromatic heterocycles. The van der Waals surface area contributed by atoms with Crippen molar-refractivity contribution in [2.75, 3.05) is 0 Å². The van der Waals surface area contributed by atoms with Gasteiger partial charge < -0.3 is 15.0 Å². The van der Waals surface area contributed by atoms with Crippen LogP contribution in [-0.4, -0.2) is 21.3 Å². The highest BCUT2D eigenvalue weighted by Crippen LogP contribution is 2.32. The Morgan fingerprint density at radius 3 is 1.95 bits per heavy atom. The SMILES string of the molecule is CCCC(O)(CCC)[C@H](Cc1cn(CC)c2ccccc12)NCc1c2ccccc2cc2ccccc12. The first-order valence-corrected chi connectivity index (χ1v) is 14.0. The third kappa shape index (κ3) is 5.03. The first-order valence-electron chi connectivity index (χ1n) is 14.0. The maximum Gasteiger partial charge on any atom is 0.0803 e. The van der Waals surface area contributed by atoms with Crippen LogP contribution in [0.5, 0.6) is 0 Å². The standard InChI is InChI=1S/C34H40N2O/c1-4-19-34(37,20-5-2)33(22-27-24-36(6-3)32-18-12-11-17-30(27)32)35-23-31-28-15-9-7-13-25(28)21-26-14-8-10-16-29(26)31/h7-18,21,24,33,35,37H,4-6,19-20,22-23H2,1-3H3/t33-/m0/s1. The van der Waals surface area contributed by atoms with Crippen molar-refractivity contribution in [2.24, 2.45) is 0 Å². The van der Waals surface area contributed by atoms with E-state index in [1.807, 2.05) is 0 Å². The van der Waals surface area contributed by atoms with Gasteiger partial charge in [-0.2, -0.15) is 0 Å². The quantitative estimate of drug-likeness (QED) is 0.183. The van der Waals surface area contributed by atoms with Gasteiger partial charge in [0.1, 0.15) is 0 Å². The third-order valence-electron chi connectivity index (χ3n) is 8.06. The van der Waals surface area contributed by atoms with Crippen molar-refractivity contribution in [3.8, 4) is 0 Å². The van der Waals surface area contributed by atoms with Crippen molar-refractivity contribution in [3.05, 3.63) is 96.2 Å². The predicted octanol–water partition coefficient (Wildman–Crippen LogP) is 8.00. The molecule has 3 nitrogen and oxygen atoms in total. The first kappa shape index (κ1) is 25.5. The summed E-state index contributed by atoms with van der Waals surface area (Å²) in [6.07, 6.45) is 6.60. The fraction of sp³-hybridized carbons (Fsp3) is 0.353. The molecule has 0 amide bonds. The van der Waals surface area contributed by atoms with Crippen LogP contribution in [-0.2, 0) is 19.5 Å². The molecule has 192 valence electrons. The fourth-order valence-corrected chi connectivity index (χ4v) is 6.28. The van der Waals surface area contributed by atoms with E-state index >= 15 is 0 Å². The van der Waals surface area contributed by atoms with Gasteiger partial charge in [0.2, 0.25) is 0 Å². The molecule has 0 bridgehead atoms. The molecule has 0 saturated heterocycles. The molecule has 3 heteroatoms. The number of fused-ring (bicyclic) bond motifs is 3. The van der Waals surface area contributed by atoms with Crippen molar-refractivity contribution in [1.29, 1.82) is 0 Å². The lowest BCUT2D eigenvalue weighted by atomic mass is 9.81. The van der Waals surface area contributed by atoms with E-state index < -0.39 is 5.60 Å². The lowest BCUT2D eigenvalue weighted by Gasteiger charge is -2.37. The molecule has 5 aromatic rings. The van der Waals surface area contributed by atoms with Crippen LogP contribution in [0.2, 0.25) is 0 Å². The average molecular weight is 493 g/mol. The number of hydrogen-bond donors (Lipinski definition) is 2. The highest BCUT2D eigenvalue weighted by Gasteiger charge is 2.35. The Hall–Kier alpha value is -3.14. The van der Waals surface area contributed by atoms with E-state index in [0.717, 1.165) is 38.6 Å². The van der Waals surface area contributed by atoms with Gasteiger partial charge in [0.25, 0.3) is 0 Å². The second-order valence-electron chi connectivity index (χ2n) is 10.5. The van der Waals surface area contributed by atoms with Crippen LogP contribution in [0.1, 0.15) is 57.6 Å². The molecular weight excluding hydrogens is 452 g/mol. The number of aromatic nitrogens is 1. The summed E-state index contributed by atoms with van der Waals surface area (Å²) < 4.78 is 2.33. The average Bonchev–Trinajstić information content (AvgIpc) is 3.28. The second-order valence-corrected chi connectivity index (χ2v) is 10.5. The van der Waals surface area contributed by atoms with Crippen molar-refractivity contribution in [2.45, 2.75) is 77.6 Å². The summed E-state index contributed by atoms with van der Waals surface area (Å²) in [4.78, 5) is 0. The molecular formula is C34H40N2O. The number of para-hydroxylation sites is 1. The smallest absolute Gasteiger partial charge is 0.0803 e. The number of nitrogens with zero attached hydrogens (tertiary/aromatic N) is 1. The molecule has 0 aliphatic rings. The normalized spacial score (nSPS) is 13.1. The Kier molecular flexibility index (Phi) is 7.64. The predicted molar refractivity (Wildman–Crippen MR) is 158 cm³/mol. The molecule has 37 heavy (non-hydrogen) atoms. The Labute approximate surface area is 221 Å². The fourth-order valence-electron chi connectivity index (χ4n) is 6.28. The lowest BCUT2D eigenvalue weighted by Crippen LogP contribution is -2.52. The summed E-state index contributed by atoms with van der Waals surface area (Å²) in [7, 11) is 0. The minimum absolute atomic E-state index is 0.0544. The van der Waals surface area contributed by atoms with Crippen LogP contribution < -0.4 is 5.32 Å². The van der Waals surface area contributed by atoms with Gasteiger partial charge in [-0.25, -0.2) is 0 Å². The minimum atomic E-state index is -0.765. The molecule has 0 radical (unpaired) electrons. The summed E-state index contributed by atoms with van der Waals surface area (Å²) in [6, 6.07) is 28.2. The van der Waals surface area contributed by atoms with Crippen LogP contribution in [0.3, 0.4) is 0 Å². The molecule has 1 heterocycles. The summed E-state index contributed by atoms with van der Waals surface area (Å²) >= 11 is 0. The van der Waals surface area contributed by atoms with E-state index in [1.165, 1.54) is 43.6 Å². The van der Waals surface area contributed by atoms with Crippen LogP contribution in [0.4, 0.5) is 0 Å². The van der Waals surface area contributed by atoms with E-state index in [2.05, 4.69) is 116 Å². The van der Waals surface area contributed by atoms with Crippen molar-refractivity contribution < 1.29 is 5.11 Å².